The van der Waals surface area contributed by atoms with Gasteiger partial charge in [0.05, 0.1) is 11.5 Å². The van der Waals surface area contributed by atoms with E-state index >= 15 is 0 Å². The second-order valence-electron chi connectivity index (χ2n) is 4.93. The summed E-state index contributed by atoms with van der Waals surface area (Å²) in [6, 6.07) is 0.286. The molecular formula is C12H24IN3O2S. The van der Waals surface area contributed by atoms with Gasteiger partial charge in [0.1, 0.15) is 0 Å². The standard InChI is InChI=1S/C12H23N3O2S.HI/c1-4-6-13-12(15-10(2)3)14-8-11-5-7-18(16,17)9-11;/h4,10-11H,1,5-9H2,2-3H3,(H2,13,14,15);1H. The minimum Gasteiger partial charge on any atom is -0.354 e. The molecule has 1 aliphatic rings. The van der Waals surface area contributed by atoms with Crippen LogP contribution in [-0.2, 0) is 9.84 Å². The molecule has 1 saturated heterocycles. The Kier molecular flexibility index (Phi) is 8.64. The fourth-order valence-electron chi connectivity index (χ4n) is 1.83. The van der Waals surface area contributed by atoms with Crippen LogP contribution in [0.3, 0.4) is 0 Å². The summed E-state index contributed by atoms with van der Waals surface area (Å²) < 4.78 is 22.7. The van der Waals surface area contributed by atoms with Gasteiger partial charge in [-0.1, -0.05) is 6.08 Å². The molecule has 0 amide bonds. The first-order chi connectivity index (χ1) is 8.43. The van der Waals surface area contributed by atoms with Crippen molar-refractivity contribution in [2.45, 2.75) is 26.3 Å². The molecule has 0 aromatic heterocycles. The second-order valence-corrected chi connectivity index (χ2v) is 7.16. The fourth-order valence-corrected chi connectivity index (χ4v) is 3.68. The van der Waals surface area contributed by atoms with Crippen LogP contribution in [0.4, 0.5) is 0 Å². The van der Waals surface area contributed by atoms with Crippen LogP contribution in [0.1, 0.15) is 20.3 Å². The molecule has 1 fully saturated rings. The average Bonchev–Trinajstić information content (AvgIpc) is 2.61. The summed E-state index contributed by atoms with van der Waals surface area (Å²) in [6.45, 7) is 8.90. The van der Waals surface area contributed by atoms with E-state index in [1.54, 1.807) is 6.08 Å². The quantitative estimate of drug-likeness (QED) is 0.314. The van der Waals surface area contributed by atoms with E-state index in [9.17, 15) is 8.42 Å². The third-order valence-corrected chi connectivity index (χ3v) is 4.51. The third-order valence-electron chi connectivity index (χ3n) is 2.67. The van der Waals surface area contributed by atoms with Gasteiger partial charge >= 0.3 is 0 Å². The molecule has 0 spiro atoms. The van der Waals surface area contributed by atoms with E-state index in [4.69, 9.17) is 0 Å². The molecule has 1 unspecified atom stereocenters. The van der Waals surface area contributed by atoms with Gasteiger partial charge < -0.3 is 10.6 Å². The average molecular weight is 401 g/mol. The molecule has 0 aliphatic carbocycles. The van der Waals surface area contributed by atoms with E-state index in [1.807, 2.05) is 13.8 Å². The first kappa shape index (κ1) is 18.7. The Balaban J connectivity index is 0.00000324. The van der Waals surface area contributed by atoms with Gasteiger partial charge in [0, 0.05) is 19.1 Å². The van der Waals surface area contributed by atoms with Gasteiger partial charge in [-0.2, -0.15) is 0 Å². The van der Waals surface area contributed by atoms with Crippen LogP contribution >= 0.6 is 24.0 Å². The smallest absolute Gasteiger partial charge is 0.191 e. The minimum atomic E-state index is -2.81. The van der Waals surface area contributed by atoms with E-state index < -0.39 is 9.84 Å². The van der Waals surface area contributed by atoms with Crippen LogP contribution in [0, 0.1) is 5.92 Å². The number of aliphatic imine (C=N–C) groups is 1. The van der Waals surface area contributed by atoms with Crippen LogP contribution in [0.15, 0.2) is 17.6 Å². The molecule has 0 aromatic rings. The highest BCUT2D eigenvalue weighted by Gasteiger charge is 2.27. The van der Waals surface area contributed by atoms with Gasteiger partial charge in [0.15, 0.2) is 15.8 Å². The zero-order valence-electron chi connectivity index (χ0n) is 11.6. The largest absolute Gasteiger partial charge is 0.354 e. The number of nitrogens with zero attached hydrogens (tertiary/aromatic N) is 1. The predicted octanol–water partition coefficient (Wildman–Crippen LogP) is 1.17. The Morgan fingerprint density at radius 3 is 2.68 bits per heavy atom. The van der Waals surface area contributed by atoms with Crippen LogP contribution in [0.5, 0.6) is 0 Å². The summed E-state index contributed by atoms with van der Waals surface area (Å²) in [6.07, 6.45) is 2.49. The molecule has 1 heterocycles. The lowest BCUT2D eigenvalue weighted by atomic mass is 10.1. The highest BCUT2D eigenvalue weighted by atomic mass is 127. The molecule has 0 saturated carbocycles. The first-order valence-corrected chi connectivity index (χ1v) is 8.11. The van der Waals surface area contributed by atoms with Gasteiger partial charge in [0.25, 0.3) is 0 Å². The topological polar surface area (TPSA) is 70.6 Å². The van der Waals surface area contributed by atoms with Crippen molar-refractivity contribution >= 4 is 39.8 Å². The lowest BCUT2D eigenvalue weighted by molar-refractivity contribution is 0.588. The number of nitrogens with one attached hydrogen (secondary N) is 2. The highest BCUT2D eigenvalue weighted by Crippen LogP contribution is 2.18. The molecule has 1 rings (SSSR count). The van der Waals surface area contributed by atoms with Crippen molar-refractivity contribution in [3.8, 4) is 0 Å². The maximum atomic E-state index is 11.3. The van der Waals surface area contributed by atoms with Gasteiger partial charge in [0.2, 0.25) is 0 Å². The monoisotopic (exact) mass is 401 g/mol. The van der Waals surface area contributed by atoms with Crippen LogP contribution in [-0.4, -0.2) is 45.0 Å². The summed E-state index contributed by atoms with van der Waals surface area (Å²) >= 11 is 0. The Bertz CT molecular complexity index is 407. The number of hydrogen-bond acceptors (Lipinski definition) is 3. The van der Waals surface area contributed by atoms with Crippen LogP contribution in [0.25, 0.3) is 0 Å². The summed E-state index contributed by atoms with van der Waals surface area (Å²) in [7, 11) is -2.81. The Labute approximate surface area is 133 Å². The third kappa shape index (κ3) is 7.76. The van der Waals surface area contributed by atoms with E-state index in [0.29, 0.717) is 24.8 Å². The summed E-state index contributed by atoms with van der Waals surface area (Å²) in [5, 5.41) is 6.32. The molecule has 0 aromatic carbocycles. The Morgan fingerprint density at radius 1 is 1.53 bits per heavy atom. The SMILES string of the molecule is C=CCNC(=NCC1CCS(=O)(=O)C1)NC(C)C.I. The fraction of sp³-hybridized carbons (Fsp3) is 0.750. The number of halogens is 1. The molecule has 7 heteroatoms. The molecule has 1 aliphatic heterocycles. The number of sulfone groups is 1. The number of rotatable bonds is 5. The number of guanidine groups is 1. The molecule has 5 nitrogen and oxygen atoms in total. The normalized spacial score (nSPS) is 21.8. The van der Waals surface area contributed by atoms with Crippen molar-refractivity contribution in [2.24, 2.45) is 10.9 Å². The lowest BCUT2D eigenvalue weighted by Gasteiger charge is -2.15. The second kappa shape index (κ2) is 8.78. The van der Waals surface area contributed by atoms with Gasteiger partial charge in [-0.05, 0) is 26.2 Å². The number of hydrogen-bond donors (Lipinski definition) is 2. The maximum Gasteiger partial charge on any atom is 0.191 e. The van der Waals surface area contributed by atoms with Crippen molar-refractivity contribution in [1.29, 1.82) is 0 Å². The zero-order valence-corrected chi connectivity index (χ0v) is 14.7. The van der Waals surface area contributed by atoms with Crippen LogP contribution in [0.2, 0.25) is 0 Å². The molecule has 2 N–H and O–H groups in total. The van der Waals surface area contributed by atoms with Crippen molar-refractivity contribution < 1.29 is 8.42 Å². The van der Waals surface area contributed by atoms with Crippen LogP contribution < -0.4 is 10.6 Å². The van der Waals surface area contributed by atoms with E-state index in [2.05, 4.69) is 22.2 Å². The highest BCUT2D eigenvalue weighted by molar-refractivity contribution is 14.0. The van der Waals surface area contributed by atoms with E-state index in [0.717, 1.165) is 6.42 Å². The first-order valence-electron chi connectivity index (χ1n) is 6.29. The molecule has 112 valence electrons. The lowest BCUT2D eigenvalue weighted by Crippen LogP contribution is -2.41. The summed E-state index contributed by atoms with van der Waals surface area (Å²) in [5.74, 6) is 1.45. The van der Waals surface area contributed by atoms with Crippen molar-refractivity contribution in [3.63, 3.8) is 0 Å². The zero-order chi connectivity index (χ0) is 13.6. The molecule has 19 heavy (non-hydrogen) atoms. The van der Waals surface area contributed by atoms with Crippen molar-refractivity contribution in [2.75, 3.05) is 24.6 Å². The Morgan fingerprint density at radius 2 is 2.21 bits per heavy atom. The summed E-state index contributed by atoms with van der Waals surface area (Å²) in [4.78, 5) is 4.43. The van der Waals surface area contributed by atoms with Crippen molar-refractivity contribution in [1.82, 2.24) is 10.6 Å². The van der Waals surface area contributed by atoms with Crippen molar-refractivity contribution in [3.05, 3.63) is 12.7 Å². The molecule has 0 radical (unpaired) electrons. The Hall–Kier alpha value is -0.310. The molecular weight excluding hydrogens is 377 g/mol. The van der Waals surface area contributed by atoms with Gasteiger partial charge in [-0.25, -0.2) is 8.42 Å². The van der Waals surface area contributed by atoms with E-state index in [-0.39, 0.29) is 41.7 Å². The maximum absolute atomic E-state index is 11.3. The molecule has 1 atom stereocenters. The summed E-state index contributed by atoms with van der Waals surface area (Å²) in [5.41, 5.74) is 0. The van der Waals surface area contributed by atoms with Gasteiger partial charge in [-0.3, -0.25) is 4.99 Å². The predicted molar refractivity (Wildman–Crippen MR) is 90.9 cm³/mol. The molecule has 0 bridgehead atoms. The van der Waals surface area contributed by atoms with E-state index in [1.165, 1.54) is 0 Å². The minimum absolute atomic E-state index is 0. The van der Waals surface area contributed by atoms with Gasteiger partial charge in [-0.15, -0.1) is 30.6 Å².